The van der Waals surface area contributed by atoms with Crippen LogP contribution < -0.4 is 15.9 Å². The van der Waals surface area contributed by atoms with Crippen molar-refractivity contribution in [2.75, 3.05) is 12.3 Å². The average molecular weight is 515 g/mol. The summed E-state index contributed by atoms with van der Waals surface area (Å²) in [7, 11) is 0. The second-order valence-electron chi connectivity index (χ2n) is 7.16. The highest BCUT2D eigenvalue weighted by molar-refractivity contribution is 8.07. The molecule has 0 spiro atoms. The van der Waals surface area contributed by atoms with Crippen LogP contribution in [-0.4, -0.2) is 45.3 Å². The van der Waals surface area contributed by atoms with Crippen molar-refractivity contribution in [1.82, 2.24) is 9.55 Å². The number of aliphatic hydroxyl groups is 1. The van der Waals surface area contributed by atoms with Crippen LogP contribution in [0.5, 0.6) is 5.75 Å². The number of ether oxygens (including phenoxy) is 1. The first-order chi connectivity index (χ1) is 15.4. The minimum Gasteiger partial charge on any atom is -0.424 e. The van der Waals surface area contributed by atoms with E-state index in [1.54, 1.807) is 18.2 Å². The highest BCUT2D eigenvalue weighted by atomic mass is 32.5. The van der Waals surface area contributed by atoms with Gasteiger partial charge in [-0.3, -0.25) is 13.6 Å². The molecule has 4 rings (SSSR count). The van der Waals surface area contributed by atoms with E-state index >= 15 is 0 Å². The zero-order chi connectivity index (χ0) is 24.2. The molecule has 2 aromatic rings. The number of rotatable bonds is 5. The van der Waals surface area contributed by atoms with E-state index in [0.29, 0.717) is 5.56 Å². The van der Waals surface area contributed by atoms with Crippen LogP contribution in [0.25, 0.3) is 0 Å². The molecule has 2 aliphatic rings. The van der Waals surface area contributed by atoms with E-state index in [0.717, 1.165) is 0 Å². The van der Waals surface area contributed by atoms with Gasteiger partial charge in [-0.25, -0.2) is 18.0 Å². The van der Waals surface area contributed by atoms with Crippen LogP contribution >= 0.6 is 6.72 Å². The molecule has 180 valence electrons. The molecule has 1 saturated heterocycles. The van der Waals surface area contributed by atoms with Crippen LogP contribution in [0.15, 0.2) is 35.3 Å². The van der Waals surface area contributed by atoms with E-state index < -0.39 is 60.9 Å². The van der Waals surface area contributed by atoms with Gasteiger partial charge < -0.3 is 20.1 Å². The molecular formula is C17H15F5N3O6PS. The van der Waals surface area contributed by atoms with Gasteiger partial charge in [-0.1, -0.05) is 18.2 Å². The Morgan fingerprint density at radius 2 is 2.09 bits per heavy atom. The summed E-state index contributed by atoms with van der Waals surface area (Å²) < 4.78 is 92.1. The van der Waals surface area contributed by atoms with Crippen molar-refractivity contribution in [1.29, 1.82) is 0 Å². The molecule has 3 N–H and O–H groups in total. The lowest BCUT2D eigenvalue weighted by Gasteiger charge is -2.34. The van der Waals surface area contributed by atoms with Crippen LogP contribution in [0.1, 0.15) is 11.8 Å². The van der Waals surface area contributed by atoms with Crippen molar-refractivity contribution < 1.29 is 45.4 Å². The zero-order valence-electron chi connectivity index (χ0n) is 16.2. The maximum Gasteiger partial charge on any atom is 0.381 e. The molecule has 0 aliphatic carbocycles. The van der Waals surface area contributed by atoms with Gasteiger partial charge in [0.05, 0.1) is 19.4 Å². The number of para-hydroxylation sites is 1. The van der Waals surface area contributed by atoms with E-state index in [-0.39, 0.29) is 23.1 Å². The first kappa shape index (κ1) is 24.0. The standard InChI is InChI=1S/C17H15F5N3O6PS/c18-9-5-25(15(27)24-11(9)23)14-17(21,22)12(26)16(30-14,13(19)20)7-29-32(33)28-6-8-3-1-2-4-10(8)31-32/h1-5,12-14,26H,6-7H2,(H2,23,24,27). The van der Waals surface area contributed by atoms with Crippen molar-refractivity contribution in [3.63, 3.8) is 0 Å². The predicted molar refractivity (Wildman–Crippen MR) is 105 cm³/mol. The molecule has 1 fully saturated rings. The second-order valence-corrected chi connectivity index (χ2v) is 10.1. The summed E-state index contributed by atoms with van der Waals surface area (Å²) in [5.41, 5.74) is 0.811. The average Bonchev–Trinajstić information content (AvgIpc) is 2.96. The summed E-state index contributed by atoms with van der Waals surface area (Å²) in [6.07, 6.45) is -9.59. The van der Waals surface area contributed by atoms with E-state index in [1.165, 1.54) is 6.07 Å². The van der Waals surface area contributed by atoms with Gasteiger partial charge in [-0.15, -0.1) is 0 Å². The maximum atomic E-state index is 14.8. The summed E-state index contributed by atoms with van der Waals surface area (Å²) in [6, 6.07) is 6.47. The number of nitrogens with zero attached hydrogens (tertiary/aromatic N) is 2. The lowest BCUT2D eigenvalue weighted by molar-refractivity contribution is -0.193. The number of hydrogen-bond acceptors (Lipinski definition) is 9. The molecule has 1 aromatic heterocycles. The molecule has 1 aromatic carbocycles. The Labute approximate surface area is 187 Å². The summed E-state index contributed by atoms with van der Waals surface area (Å²) in [4.78, 5) is 15.0. The first-order valence-electron chi connectivity index (χ1n) is 9.12. The molecule has 4 unspecified atom stereocenters. The Balaban J connectivity index is 1.64. The fourth-order valence-corrected chi connectivity index (χ4v) is 5.09. The molecule has 4 atom stereocenters. The SMILES string of the molecule is Nc1nc(=O)n(C2OC(COP3(=S)OCc4ccccc4O3)(C(F)F)C(O)C2(F)F)cc1F. The number of anilines is 1. The highest BCUT2D eigenvalue weighted by Gasteiger charge is 2.71. The molecule has 2 aliphatic heterocycles. The number of alkyl halides is 4. The number of nitrogens with two attached hydrogens (primary N) is 1. The number of aromatic nitrogens is 2. The Kier molecular flexibility index (Phi) is 6.00. The van der Waals surface area contributed by atoms with Crippen molar-refractivity contribution in [2.45, 2.75) is 36.9 Å². The molecule has 16 heteroatoms. The monoisotopic (exact) mass is 515 g/mol. The molecule has 3 heterocycles. The van der Waals surface area contributed by atoms with Crippen molar-refractivity contribution in [3.05, 3.63) is 52.3 Å². The van der Waals surface area contributed by atoms with Crippen LogP contribution in [0.3, 0.4) is 0 Å². The maximum absolute atomic E-state index is 14.8. The van der Waals surface area contributed by atoms with Gasteiger partial charge in [0.25, 0.3) is 6.43 Å². The van der Waals surface area contributed by atoms with Gasteiger partial charge >= 0.3 is 18.3 Å². The van der Waals surface area contributed by atoms with E-state index in [2.05, 4.69) is 4.98 Å². The summed E-state index contributed by atoms with van der Waals surface area (Å²) in [5.74, 6) is -6.52. The smallest absolute Gasteiger partial charge is 0.381 e. The topological polar surface area (TPSA) is 118 Å². The zero-order valence-corrected chi connectivity index (χ0v) is 17.9. The summed E-state index contributed by atoms with van der Waals surface area (Å²) >= 11 is 5.12. The summed E-state index contributed by atoms with van der Waals surface area (Å²) in [6.45, 7) is -5.24. The van der Waals surface area contributed by atoms with Gasteiger partial charge in [0, 0.05) is 17.4 Å². The Morgan fingerprint density at radius 1 is 1.39 bits per heavy atom. The molecule has 9 nitrogen and oxygen atoms in total. The Morgan fingerprint density at radius 3 is 2.79 bits per heavy atom. The number of benzene rings is 1. The first-order valence-corrected chi connectivity index (χ1v) is 11.7. The molecule has 0 radical (unpaired) electrons. The van der Waals surface area contributed by atoms with Crippen molar-refractivity contribution in [3.8, 4) is 5.75 Å². The quantitative estimate of drug-likeness (QED) is 0.457. The second kappa shape index (κ2) is 8.25. The largest absolute Gasteiger partial charge is 0.424 e. The third-order valence-corrected chi connectivity index (χ3v) is 7.22. The van der Waals surface area contributed by atoms with Crippen LogP contribution in [-0.2, 0) is 32.2 Å². The third-order valence-electron chi connectivity index (χ3n) is 5.05. The number of aliphatic hydroxyl groups excluding tert-OH is 1. The normalized spacial score (nSPS) is 30.8. The van der Waals surface area contributed by atoms with Crippen molar-refractivity contribution >= 4 is 24.3 Å². The fourth-order valence-electron chi connectivity index (χ4n) is 3.28. The lowest BCUT2D eigenvalue weighted by Crippen LogP contribution is -2.54. The highest BCUT2D eigenvalue weighted by Crippen LogP contribution is 2.57. The van der Waals surface area contributed by atoms with Gasteiger partial charge in [0.15, 0.2) is 23.3 Å². The third kappa shape index (κ3) is 4.02. The minimum absolute atomic E-state index is 0.0818. The van der Waals surface area contributed by atoms with Gasteiger partial charge in [-0.05, 0) is 6.07 Å². The Hall–Kier alpha value is -2.16. The van der Waals surface area contributed by atoms with Crippen LogP contribution in [0.4, 0.5) is 27.8 Å². The van der Waals surface area contributed by atoms with Gasteiger partial charge in [0.1, 0.15) is 5.75 Å². The van der Waals surface area contributed by atoms with Crippen LogP contribution in [0, 0.1) is 5.82 Å². The van der Waals surface area contributed by atoms with Crippen molar-refractivity contribution in [2.24, 2.45) is 0 Å². The van der Waals surface area contributed by atoms with E-state index in [1.807, 2.05) is 0 Å². The molecule has 33 heavy (non-hydrogen) atoms. The Bertz CT molecular complexity index is 1190. The fraction of sp³-hybridized carbons (Fsp3) is 0.412. The van der Waals surface area contributed by atoms with E-state index in [9.17, 15) is 31.9 Å². The molecular weight excluding hydrogens is 500 g/mol. The van der Waals surface area contributed by atoms with E-state index in [4.69, 9.17) is 35.8 Å². The number of halogens is 5. The molecule has 0 amide bonds. The molecule has 0 bridgehead atoms. The number of fused-ring (bicyclic) bond motifs is 1. The van der Waals surface area contributed by atoms with Gasteiger partial charge in [0.2, 0.25) is 6.23 Å². The van der Waals surface area contributed by atoms with Gasteiger partial charge in [-0.2, -0.15) is 13.8 Å². The minimum atomic E-state index is -4.50. The van der Waals surface area contributed by atoms with Crippen LogP contribution in [0.2, 0.25) is 0 Å². The molecule has 0 saturated carbocycles. The number of hydrogen-bond donors (Lipinski definition) is 2. The lowest BCUT2D eigenvalue weighted by atomic mass is 9.96. The number of nitrogen functional groups attached to an aromatic ring is 1. The summed E-state index contributed by atoms with van der Waals surface area (Å²) in [5, 5.41) is 10.2. The predicted octanol–water partition coefficient (Wildman–Crippen LogP) is 2.34.